The quantitative estimate of drug-likeness (QED) is 0.268. The van der Waals surface area contributed by atoms with Crippen LogP contribution in [-0.2, 0) is 17.7 Å². The normalized spacial score (nSPS) is 15.4. The first-order valence-corrected chi connectivity index (χ1v) is 14.0. The van der Waals surface area contributed by atoms with Gasteiger partial charge in [0.15, 0.2) is 5.65 Å². The summed E-state index contributed by atoms with van der Waals surface area (Å²) in [5, 5.41) is 9.88. The first-order valence-electron chi connectivity index (χ1n) is 14.0. The van der Waals surface area contributed by atoms with Crippen molar-refractivity contribution in [1.29, 1.82) is 5.26 Å². The Labute approximate surface area is 236 Å². The second-order valence-electron chi connectivity index (χ2n) is 11.7. The lowest BCUT2D eigenvalue weighted by atomic mass is 9.94. The molecule has 4 aromatic rings. The van der Waals surface area contributed by atoms with Gasteiger partial charge in [-0.25, -0.2) is 14.8 Å². The number of hydrogen-bond donors (Lipinski definition) is 0. The highest BCUT2D eigenvalue weighted by atomic mass is 16.6. The number of nitrogens with zero attached hydrogens (tertiary/aromatic N) is 5. The van der Waals surface area contributed by atoms with Crippen LogP contribution < -0.4 is 0 Å². The summed E-state index contributed by atoms with van der Waals surface area (Å²) in [5.74, 6) is 1.02. The zero-order valence-electron chi connectivity index (χ0n) is 24.3. The average molecular weight is 536 g/mol. The van der Waals surface area contributed by atoms with Gasteiger partial charge in [0.05, 0.1) is 24.2 Å². The van der Waals surface area contributed by atoms with Gasteiger partial charge in [-0.2, -0.15) is 5.26 Å². The van der Waals surface area contributed by atoms with Crippen LogP contribution in [0.1, 0.15) is 80.4 Å². The van der Waals surface area contributed by atoms with Crippen molar-refractivity contribution in [1.82, 2.24) is 19.4 Å². The largest absolute Gasteiger partial charge is 0.444 e. The van der Waals surface area contributed by atoms with E-state index in [9.17, 15) is 10.1 Å². The summed E-state index contributed by atoms with van der Waals surface area (Å²) in [6, 6.07) is 18.6. The predicted molar refractivity (Wildman–Crippen MR) is 157 cm³/mol. The van der Waals surface area contributed by atoms with Crippen molar-refractivity contribution in [3.05, 3.63) is 82.3 Å². The third-order valence-corrected chi connectivity index (χ3v) is 7.45. The number of amides is 1. The molecule has 1 unspecified atom stereocenters. The van der Waals surface area contributed by atoms with Crippen molar-refractivity contribution in [3.63, 3.8) is 0 Å². The Morgan fingerprint density at radius 3 is 2.52 bits per heavy atom. The van der Waals surface area contributed by atoms with E-state index in [0.717, 1.165) is 69.8 Å². The molecule has 1 fully saturated rings. The Bertz CT molecular complexity index is 1610. The fraction of sp³-hybridized carbons (Fsp3) is 0.394. The molecule has 2 aromatic heterocycles. The summed E-state index contributed by atoms with van der Waals surface area (Å²) in [6.07, 6.45) is 2.33. The molecule has 0 spiro atoms. The molecule has 40 heavy (non-hydrogen) atoms. The molecule has 2 aromatic carbocycles. The number of nitriles is 1. The third-order valence-electron chi connectivity index (χ3n) is 7.45. The van der Waals surface area contributed by atoms with Gasteiger partial charge in [-0.3, -0.25) is 0 Å². The molecular formula is C33H37N5O2. The maximum Gasteiger partial charge on any atom is 0.410 e. The minimum atomic E-state index is -0.545. The van der Waals surface area contributed by atoms with Crippen LogP contribution in [0.2, 0.25) is 0 Å². The van der Waals surface area contributed by atoms with Crippen LogP contribution in [0.5, 0.6) is 0 Å². The van der Waals surface area contributed by atoms with Crippen LogP contribution in [0.15, 0.2) is 48.5 Å². The fourth-order valence-electron chi connectivity index (χ4n) is 5.61. The van der Waals surface area contributed by atoms with Crippen molar-refractivity contribution in [3.8, 4) is 17.2 Å². The molecule has 206 valence electrons. The van der Waals surface area contributed by atoms with Crippen LogP contribution in [0, 0.1) is 25.2 Å². The number of carbonyl (C=O) groups excluding carboxylic acids is 1. The van der Waals surface area contributed by atoms with Crippen LogP contribution in [0.3, 0.4) is 0 Å². The molecule has 0 N–H and O–H groups in total. The van der Waals surface area contributed by atoms with Crippen LogP contribution in [0.4, 0.5) is 4.79 Å². The van der Waals surface area contributed by atoms with E-state index < -0.39 is 5.60 Å². The molecule has 1 saturated heterocycles. The minimum Gasteiger partial charge on any atom is -0.444 e. The van der Waals surface area contributed by atoms with Gasteiger partial charge in [-0.1, -0.05) is 37.3 Å². The smallest absolute Gasteiger partial charge is 0.410 e. The first-order chi connectivity index (χ1) is 19.1. The maximum absolute atomic E-state index is 12.9. The van der Waals surface area contributed by atoms with Crippen LogP contribution in [0.25, 0.3) is 22.3 Å². The van der Waals surface area contributed by atoms with Crippen molar-refractivity contribution in [2.45, 2.75) is 79.0 Å². The molecule has 7 heteroatoms. The molecule has 0 bridgehead atoms. The van der Waals surface area contributed by atoms with Crippen LogP contribution in [-0.4, -0.2) is 37.7 Å². The highest BCUT2D eigenvalue weighted by Gasteiger charge is 2.33. The van der Waals surface area contributed by atoms with Gasteiger partial charge >= 0.3 is 6.09 Å². The molecule has 1 aliphatic heterocycles. The van der Waals surface area contributed by atoms with Crippen molar-refractivity contribution < 1.29 is 9.53 Å². The number of ether oxygens (including phenoxy) is 1. The van der Waals surface area contributed by atoms with Gasteiger partial charge in [0, 0.05) is 18.7 Å². The monoisotopic (exact) mass is 535 g/mol. The van der Waals surface area contributed by atoms with E-state index >= 15 is 0 Å². The van der Waals surface area contributed by atoms with Gasteiger partial charge in [-0.15, -0.1) is 0 Å². The molecule has 3 heterocycles. The van der Waals surface area contributed by atoms with Gasteiger partial charge in [0.1, 0.15) is 16.9 Å². The summed E-state index contributed by atoms with van der Waals surface area (Å²) < 4.78 is 7.87. The predicted octanol–water partition coefficient (Wildman–Crippen LogP) is 7.27. The number of rotatable bonds is 5. The number of pyridine rings is 1. The van der Waals surface area contributed by atoms with Crippen LogP contribution >= 0.6 is 0 Å². The molecular weight excluding hydrogens is 498 g/mol. The molecule has 1 amide bonds. The van der Waals surface area contributed by atoms with Gasteiger partial charge in [0.2, 0.25) is 0 Å². The van der Waals surface area contributed by atoms with E-state index in [1.807, 2.05) is 44.7 Å². The number of carbonyl (C=O) groups is 1. The standard InChI is InChI=1S/C33H37N5O2/c1-7-29-36-30-21(2)17-22(3)35-31(30)38(29)20-23-10-12-24(13-11-23)27-18-25(14-15-26(27)19-34)28-9-8-16-37(28)32(39)40-33(4,5)6/h10-15,17-18,28H,7-9,16,20H2,1-6H3. The highest BCUT2D eigenvalue weighted by Crippen LogP contribution is 2.36. The molecule has 0 saturated carbocycles. The van der Waals surface area contributed by atoms with Crippen molar-refractivity contribution >= 4 is 17.3 Å². The molecule has 1 aliphatic rings. The van der Waals surface area contributed by atoms with Gasteiger partial charge in [-0.05, 0) is 93.5 Å². The van der Waals surface area contributed by atoms with E-state index in [2.05, 4.69) is 60.9 Å². The molecule has 0 aliphatic carbocycles. The summed E-state index contributed by atoms with van der Waals surface area (Å²) in [4.78, 5) is 24.4. The minimum absolute atomic E-state index is 0.0676. The number of aromatic nitrogens is 3. The highest BCUT2D eigenvalue weighted by molar-refractivity contribution is 5.76. The second kappa shape index (κ2) is 10.8. The first kappa shape index (κ1) is 27.4. The van der Waals surface area contributed by atoms with E-state index in [4.69, 9.17) is 14.7 Å². The number of fused-ring (bicyclic) bond motifs is 1. The second-order valence-corrected chi connectivity index (χ2v) is 11.7. The summed E-state index contributed by atoms with van der Waals surface area (Å²) in [7, 11) is 0. The lowest BCUT2D eigenvalue weighted by molar-refractivity contribution is 0.0224. The summed E-state index contributed by atoms with van der Waals surface area (Å²) in [5.41, 5.74) is 8.08. The summed E-state index contributed by atoms with van der Waals surface area (Å²) in [6.45, 7) is 13.2. The van der Waals surface area contributed by atoms with Crippen molar-refractivity contribution in [2.24, 2.45) is 0 Å². The number of benzene rings is 2. The number of hydrogen-bond acceptors (Lipinski definition) is 5. The summed E-state index contributed by atoms with van der Waals surface area (Å²) >= 11 is 0. The lowest BCUT2D eigenvalue weighted by Crippen LogP contribution is -2.36. The Balaban J connectivity index is 1.44. The molecule has 5 rings (SSSR count). The topological polar surface area (TPSA) is 84.0 Å². The van der Waals surface area contributed by atoms with Gasteiger partial charge in [0.25, 0.3) is 0 Å². The lowest BCUT2D eigenvalue weighted by Gasteiger charge is -2.29. The maximum atomic E-state index is 12.9. The zero-order valence-corrected chi connectivity index (χ0v) is 24.3. The Morgan fingerprint density at radius 2 is 1.85 bits per heavy atom. The molecule has 7 nitrogen and oxygen atoms in total. The zero-order chi connectivity index (χ0) is 28.6. The van der Waals surface area contributed by atoms with Crippen molar-refractivity contribution in [2.75, 3.05) is 6.54 Å². The SMILES string of the molecule is CCc1nc2c(C)cc(C)nc2n1Cc1ccc(-c2cc(C3CCCN3C(=O)OC(C)(C)C)ccc2C#N)cc1. The Kier molecular flexibility index (Phi) is 7.37. The number of likely N-dealkylation sites (tertiary alicyclic amines) is 1. The fourth-order valence-corrected chi connectivity index (χ4v) is 5.61. The van der Waals surface area contributed by atoms with E-state index in [-0.39, 0.29) is 12.1 Å². The molecule has 0 radical (unpaired) electrons. The Morgan fingerprint density at radius 1 is 1.10 bits per heavy atom. The number of imidazole rings is 1. The average Bonchev–Trinajstić information content (AvgIpc) is 3.54. The van der Waals surface area contributed by atoms with E-state index in [1.54, 1.807) is 0 Å². The molecule has 1 atom stereocenters. The Hall–Kier alpha value is -4.18. The van der Waals surface area contributed by atoms with Gasteiger partial charge < -0.3 is 14.2 Å². The van der Waals surface area contributed by atoms with E-state index in [0.29, 0.717) is 18.7 Å². The van der Waals surface area contributed by atoms with E-state index in [1.165, 1.54) is 0 Å². The third kappa shape index (κ3) is 5.44. The number of aryl methyl sites for hydroxylation is 3.